The largest absolute Gasteiger partial charge is 0.396 e. The molecule has 0 heterocycles. The topological polar surface area (TPSA) is 55.1 Å². The molecule has 0 aliphatic carbocycles. The van der Waals surface area contributed by atoms with Gasteiger partial charge in [0.1, 0.15) is 17.2 Å². The van der Waals surface area contributed by atoms with Gasteiger partial charge in [-0.2, -0.15) is 0 Å². The standard InChI is InChI=1S/C13H9F3N2O/c14-7-2-1-3-8(6-7)18-13(19)11-9(15)4-5-10(17)12(11)16/h1-6H,17H2,(H,18,19). The Labute approximate surface area is 106 Å². The van der Waals surface area contributed by atoms with Crippen molar-refractivity contribution in [3.05, 3.63) is 59.4 Å². The van der Waals surface area contributed by atoms with Gasteiger partial charge in [-0.3, -0.25) is 4.79 Å². The lowest BCUT2D eigenvalue weighted by atomic mass is 10.1. The minimum Gasteiger partial charge on any atom is -0.396 e. The molecule has 3 N–H and O–H groups in total. The van der Waals surface area contributed by atoms with Crippen LogP contribution in [0.5, 0.6) is 0 Å². The number of hydrogen-bond acceptors (Lipinski definition) is 2. The van der Waals surface area contributed by atoms with Crippen molar-refractivity contribution < 1.29 is 18.0 Å². The van der Waals surface area contributed by atoms with E-state index >= 15 is 0 Å². The van der Waals surface area contributed by atoms with Crippen molar-refractivity contribution in [2.75, 3.05) is 11.1 Å². The Morgan fingerprint density at radius 1 is 1.11 bits per heavy atom. The number of benzene rings is 2. The fourth-order valence-electron chi connectivity index (χ4n) is 1.54. The first-order chi connectivity index (χ1) is 8.99. The molecule has 19 heavy (non-hydrogen) atoms. The van der Waals surface area contributed by atoms with Gasteiger partial charge >= 0.3 is 0 Å². The summed E-state index contributed by atoms with van der Waals surface area (Å²) in [6.07, 6.45) is 0. The van der Waals surface area contributed by atoms with E-state index in [2.05, 4.69) is 5.32 Å². The molecule has 3 nitrogen and oxygen atoms in total. The fraction of sp³-hybridized carbons (Fsp3) is 0. The molecule has 0 atom stereocenters. The zero-order valence-electron chi connectivity index (χ0n) is 9.58. The lowest BCUT2D eigenvalue weighted by Gasteiger charge is -2.08. The smallest absolute Gasteiger partial charge is 0.261 e. The number of amides is 1. The molecule has 2 rings (SSSR count). The third kappa shape index (κ3) is 2.67. The van der Waals surface area contributed by atoms with Crippen LogP contribution in [0.25, 0.3) is 0 Å². The van der Waals surface area contributed by atoms with Crippen LogP contribution in [0.4, 0.5) is 24.5 Å². The molecule has 6 heteroatoms. The molecule has 0 aliphatic heterocycles. The highest BCUT2D eigenvalue weighted by Gasteiger charge is 2.19. The van der Waals surface area contributed by atoms with E-state index in [1.54, 1.807) is 0 Å². The van der Waals surface area contributed by atoms with Crippen molar-refractivity contribution in [2.45, 2.75) is 0 Å². The van der Waals surface area contributed by atoms with Gasteiger partial charge in [0.2, 0.25) is 0 Å². The highest BCUT2D eigenvalue weighted by atomic mass is 19.1. The van der Waals surface area contributed by atoms with Crippen molar-refractivity contribution in [1.29, 1.82) is 0 Å². The van der Waals surface area contributed by atoms with Gasteiger partial charge in [-0.25, -0.2) is 13.2 Å². The third-order valence-electron chi connectivity index (χ3n) is 2.43. The molecule has 2 aromatic rings. The minimum atomic E-state index is -1.14. The SMILES string of the molecule is Nc1ccc(F)c(C(=O)Nc2cccc(F)c2)c1F. The van der Waals surface area contributed by atoms with Crippen LogP contribution in [0.3, 0.4) is 0 Å². The van der Waals surface area contributed by atoms with Crippen LogP contribution in [-0.4, -0.2) is 5.91 Å². The van der Waals surface area contributed by atoms with Gasteiger partial charge in [0.05, 0.1) is 5.69 Å². The summed E-state index contributed by atoms with van der Waals surface area (Å²) in [5, 5.41) is 2.19. The number of nitrogens with two attached hydrogens (primary N) is 1. The Bertz CT molecular complexity index is 644. The molecular weight excluding hydrogens is 257 g/mol. The first-order valence-electron chi connectivity index (χ1n) is 5.29. The molecular formula is C13H9F3N2O. The summed E-state index contributed by atoms with van der Waals surface area (Å²) >= 11 is 0. The molecule has 0 fully saturated rings. The maximum Gasteiger partial charge on any atom is 0.261 e. The van der Waals surface area contributed by atoms with E-state index in [9.17, 15) is 18.0 Å². The maximum absolute atomic E-state index is 13.6. The van der Waals surface area contributed by atoms with E-state index in [0.29, 0.717) is 0 Å². The van der Waals surface area contributed by atoms with Crippen LogP contribution < -0.4 is 11.1 Å². The molecule has 0 radical (unpaired) electrons. The number of nitrogens with one attached hydrogen (secondary N) is 1. The van der Waals surface area contributed by atoms with Gasteiger partial charge in [-0.05, 0) is 30.3 Å². The number of carbonyl (C=O) groups excluding carboxylic acids is 1. The molecule has 2 aromatic carbocycles. The Morgan fingerprint density at radius 2 is 1.84 bits per heavy atom. The van der Waals surface area contributed by atoms with Crippen LogP contribution in [0.2, 0.25) is 0 Å². The van der Waals surface area contributed by atoms with Crippen LogP contribution >= 0.6 is 0 Å². The number of hydrogen-bond donors (Lipinski definition) is 2. The van der Waals surface area contributed by atoms with Crippen molar-refractivity contribution >= 4 is 17.3 Å². The monoisotopic (exact) mass is 266 g/mol. The first kappa shape index (κ1) is 12.9. The number of halogens is 3. The summed E-state index contributed by atoms with van der Waals surface area (Å²) < 4.78 is 40.0. The highest BCUT2D eigenvalue weighted by molar-refractivity contribution is 6.05. The van der Waals surface area contributed by atoms with Crippen molar-refractivity contribution in [2.24, 2.45) is 0 Å². The lowest BCUT2D eigenvalue weighted by Crippen LogP contribution is -2.17. The van der Waals surface area contributed by atoms with E-state index < -0.39 is 28.9 Å². The molecule has 1 amide bonds. The quantitative estimate of drug-likeness (QED) is 0.821. The van der Waals surface area contributed by atoms with E-state index in [0.717, 1.165) is 18.2 Å². The normalized spacial score (nSPS) is 10.3. The molecule has 0 bridgehead atoms. The molecule has 0 saturated heterocycles. The summed E-state index contributed by atoms with van der Waals surface area (Å²) in [6.45, 7) is 0. The van der Waals surface area contributed by atoms with Gasteiger partial charge < -0.3 is 11.1 Å². The predicted octanol–water partition coefficient (Wildman–Crippen LogP) is 2.94. The number of rotatable bonds is 2. The maximum atomic E-state index is 13.6. The highest BCUT2D eigenvalue weighted by Crippen LogP contribution is 2.20. The summed E-state index contributed by atoms with van der Waals surface area (Å²) in [7, 11) is 0. The molecule has 0 saturated carbocycles. The van der Waals surface area contributed by atoms with E-state index in [4.69, 9.17) is 5.73 Å². The third-order valence-corrected chi connectivity index (χ3v) is 2.43. The Balaban J connectivity index is 2.33. The predicted molar refractivity (Wildman–Crippen MR) is 65.1 cm³/mol. The summed E-state index contributed by atoms with van der Waals surface area (Å²) in [6, 6.07) is 6.86. The average Bonchev–Trinajstić information content (AvgIpc) is 2.34. The van der Waals surface area contributed by atoms with Crippen LogP contribution in [0.15, 0.2) is 36.4 Å². The zero-order chi connectivity index (χ0) is 14.0. The van der Waals surface area contributed by atoms with Crippen molar-refractivity contribution in [3.8, 4) is 0 Å². The second kappa shape index (κ2) is 5.01. The van der Waals surface area contributed by atoms with Gasteiger partial charge in [-0.1, -0.05) is 6.07 Å². The summed E-state index contributed by atoms with van der Waals surface area (Å²) in [5.74, 6) is -3.80. The molecule has 0 unspecified atom stereocenters. The Hall–Kier alpha value is -2.50. The van der Waals surface area contributed by atoms with Gasteiger partial charge in [0.15, 0.2) is 5.82 Å². The van der Waals surface area contributed by atoms with Gasteiger partial charge in [0.25, 0.3) is 5.91 Å². The Morgan fingerprint density at radius 3 is 2.53 bits per heavy atom. The van der Waals surface area contributed by atoms with Crippen LogP contribution in [0, 0.1) is 17.5 Å². The minimum absolute atomic E-state index is 0.0891. The number of carbonyl (C=O) groups is 1. The lowest BCUT2D eigenvalue weighted by molar-refractivity contribution is 0.101. The van der Waals surface area contributed by atoms with Crippen LogP contribution in [0.1, 0.15) is 10.4 Å². The zero-order valence-corrected chi connectivity index (χ0v) is 9.58. The second-order valence-corrected chi connectivity index (χ2v) is 3.79. The first-order valence-corrected chi connectivity index (χ1v) is 5.29. The Kier molecular flexibility index (Phi) is 3.41. The summed E-state index contributed by atoms with van der Waals surface area (Å²) in [5.41, 5.74) is 4.21. The fourth-order valence-corrected chi connectivity index (χ4v) is 1.54. The van der Waals surface area contributed by atoms with E-state index in [1.165, 1.54) is 18.2 Å². The average molecular weight is 266 g/mol. The molecule has 98 valence electrons. The van der Waals surface area contributed by atoms with Crippen molar-refractivity contribution in [3.63, 3.8) is 0 Å². The van der Waals surface area contributed by atoms with E-state index in [-0.39, 0.29) is 11.4 Å². The second-order valence-electron chi connectivity index (χ2n) is 3.79. The number of nitrogen functional groups attached to an aromatic ring is 1. The van der Waals surface area contributed by atoms with Gasteiger partial charge in [0, 0.05) is 5.69 Å². The molecule has 0 aromatic heterocycles. The number of anilines is 2. The summed E-state index contributed by atoms with van der Waals surface area (Å²) in [4.78, 5) is 11.8. The van der Waals surface area contributed by atoms with Gasteiger partial charge in [-0.15, -0.1) is 0 Å². The van der Waals surface area contributed by atoms with Crippen LogP contribution in [-0.2, 0) is 0 Å². The molecule has 0 aliphatic rings. The molecule has 0 spiro atoms. The van der Waals surface area contributed by atoms with E-state index in [1.807, 2.05) is 0 Å². The van der Waals surface area contributed by atoms with Crippen molar-refractivity contribution in [1.82, 2.24) is 0 Å².